The van der Waals surface area contributed by atoms with Crippen LogP contribution in [0, 0.1) is 18.3 Å². The van der Waals surface area contributed by atoms with Gasteiger partial charge in [0.05, 0.1) is 5.56 Å². The van der Waals surface area contributed by atoms with Crippen LogP contribution in [0.15, 0.2) is 18.2 Å². The molecule has 0 N–H and O–H groups in total. The smallest absolute Gasteiger partial charge is 0.140 e. The first-order valence-corrected chi connectivity index (χ1v) is 6.16. The maximum absolute atomic E-state index is 9.01. The molecule has 0 saturated carbocycles. The minimum Gasteiger partial charge on any atom is -0.491 e. The molecule has 0 spiro atoms. The highest BCUT2D eigenvalue weighted by Gasteiger charge is 2.12. The number of rotatable bonds is 4. The molecule has 1 saturated heterocycles. The molecule has 1 aromatic carbocycles. The molecule has 0 atom stereocenters. The van der Waals surface area contributed by atoms with Gasteiger partial charge in [0.15, 0.2) is 0 Å². The van der Waals surface area contributed by atoms with Crippen LogP contribution in [0.3, 0.4) is 0 Å². The second kappa shape index (κ2) is 5.70. The van der Waals surface area contributed by atoms with Crippen LogP contribution in [0.25, 0.3) is 0 Å². The Balaban J connectivity index is 1.92. The van der Waals surface area contributed by atoms with Crippen molar-refractivity contribution in [3.8, 4) is 11.8 Å². The third-order valence-corrected chi connectivity index (χ3v) is 3.18. The molecule has 1 aliphatic heterocycles. The van der Waals surface area contributed by atoms with Gasteiger partial charge in [0.1, 0.15) is 18.4 Å². The predicted molar refractivity (Wildman–Crippen MR) is 67.1 cm³/mol. The van der Waals surface area contributed by atoms with E-state index >= 15 is 0 Å². The van der Waals surface area contributed by atoms with E-state index in [1.807, 2.05) is 19.1 Å². The first-order chi connectivity index (χ1) is 8.31. The van der Waals surface area contributed by atoms with E-state index in [1.165, 1.54) is 25.9 Å². The van der Waals surface area contributed by atoms with Crippen molar-refractivity contribution in [2.75, 3.05) is 26.2 Å². The maximum Gasteiger partial charge on any atom is 0.140 e. The number of benzene rings is 1. The van der Waals surface area contributed by atoms with Crippen molar-refractivity contribution in [2.24, 2.45) is 0 Å². The standard InChI is InChI=1S/C14H18N2O/c1-12-5-4-6-13(11-15)14(12)17-10-9-16-7-2-3-8-16/h4-6H,2-3,7-10H2,1H3. The van der Waals surface area contributed by atoms with Gasteiger partial charge in [-0.2, -0.15) is 5.26 Å². The molecule has 0 bridgehead atoms. The lowest BCUT2D eigenvalue weighted by Crippen LogP contribution is -2.25. The quantitative estimate of drug-likeness (QED) is 0.796. The van der Waals surface area contributed by atoms with Gasteiger partial charge in [0.25, 0.3) is 0 Å². The van der Waals surface area contributed by atoms with Crippen LogP contribution in [0.2, 0.25) is 0 Å². The Hall–Kier alpha value is -1.53. The Morgan fingerprint density at radius 2 is 2.12 bits per heavy atom. The summed E-state index contributed by atoms with van der Waals surface area (Å²) >= 11 is 0. The minimum atomic E-state index is 0.631. The Morgan fingerprint density at radius 1 is 1.35 bits per heavy atom. The third kappa shape index (κ3) is 2.98. The largest absolute Gasteiger partial charge is 0.491 e. The highest BCUT2D eigenvalue weighted by molar-refractivity contribution is 5.47. The number of ether oxygens (including phenoxy) is 1. The lowest BCUT2D eigenvalue weighted by molar-refractivity contribution is 0.236. The molecule has 90 valence electrons. The van der Waals surface area contributed by atoms with Gasteiger partial charge in [0, 0.05) is 6.54 Å². The number of hydrogen-bond donors (Lipinski definition) is 0. The number of likely N-dealkylation sites (tertiary alicyclic amines) is 1. The van der Waals surface area contributed by atoms with E-state index in [4.69, 9.17) is 10.00 Å². The van der Waals surface area contributed by atoms with E-state index in [1.54, 1.807) is 6.07 Å². The Kier molecular flexibility index (Phi) is 4.00. The molecule has 0 radical (unpaired) electrons. The Morgan fingerprint density at radius 3 is 2.82 bits per heavy atom. The van der Waals surface area contributed by atoms with Crippen LogP contribution in [-0.2, 0) is 0 Å². The summed E-state index contributed by atoms with van der Waals surface area (Å²) in [5, 5.41) is 9.01. The summed E-state index contributed by atoms with van der Waals surface area (Å²) in [6.45, 7) is 5.97. The van der Waals surface area contributed by atoms with Crippen molar-refractivity contribution in [1.82, 2.24) is 4.90 Å². The summed E-state index contributed by atoms with van der Waals surface area (Å²) in [6, 6.07) is 7.85. The van der Waals surface area contributed by atoms with Crippen LogP contribution in [0.5, 0.6) is 5.75 Å². The van der Waals surface area contributed by atoms with Crippen LogP contribution in [0.1, 0.15) is 24.0 Å². The predicted octanol–water partition coefficient (Wildman–Crippen LogP) is 2.34. The Labute approximate surface area is 103 Å². The topological polar surface area (TPSA) is 36.3 Å². The van der Waals surface area contributed by atoms with E-state index in [9.17, 15) is 0 Å². The van der Waals surface area contributed by atoms with Crippen LogP contribution in [0.4, 0.5) is 0 Å². The number of para-hydroxylation sites is 1. The fraction of sp³-hybridized carbons (Fsp3) is 0.500. The number of hydrogen-bond acceptors (Lipinski definition) is 3. The van der Waals surface area contributed by atoms with E-state index in [-0.39, 0.29) is 0 Å². The zero-order valence-electron chi connectivity index (χ0n) is 10.3. The average Bonchev–Trinajstić information content (AvgIpc) is 2.84. The highest BCUT2D eigenvalue weighted by atomic mass is 16.5. The van der Waals surface area contributed by atoms with Gasteiger partial charge in [-0.15, -0.1) is 0 Å². The van der Waals surface area contributed by atoms with Gasteiger partial charge in [-0.3, -0.25) is 4.90 Å². The normalized spacial score (nSPS) is 15.8. The van der Waals surface area contributed by atoms with Crippen molar-refractivity contribution in [3.05, 3.63) is 29.3 Å². The zero-order chi connectivity index (χ0) is 12.1. The van der Waals surface area contributed by atoms with Crippen molar-refractivity contribution in [3.63, 3.8) is 0 Å². The van der Waals surface area contributed by atoms with E-state index < -0.39 is 0 Å². The zero-order valence-corrected chi connectivity index (χ0v) is 10.3. The first-order valence-electron chi connectivity index (χ1n) is 6.16. The summed E-state index contributed by atoms with van der Waals surface area (Å²) in [5.41, 5.74) is 1.66. The fourth-order valence-corrected chi connectivity index (χ4v) is 2.22. The molecule has 17 heavy (non-hydrogen) atoms. The SMILES string of the molecule is Cc1cccc(C#N)c1OCCN1CCCC1. The number of aryl methyl sites for hydroxylation is 1. The molecule has 0 aliphatic carbocycles. The van der Waals surface area contributed by atoms with E-state index in [0.29, 0.717) is 12.2 Å². The van der Waals surface area contributed by atoms with E-state index in [0.717, 1.165) is 17.9 Å². The van der Waals surface area contributed by atoms with Crippen molar-refractivity contribution in [1.29, 1.82) is 5.26 Å². The highest BCUT2D eigenvalue weighted by Crippen LogP contribution is 2.22. The third-order valence-electron chi connectivity index (χ3n) is 3.18. The Bertz CT molecular complexity index is 417. The molecule has 1 heterocycles. The molecule has 2 rings (SSSR count). The molecule has 0 amide bonds. The molecule has 1 aromatic rings. The van der Waals surface area contributed by atoms with Crippen molar-refractivity contribution >= 4 is 0 Å². The molecule has 0 aromatic heterocycles. The van der Waals surface area contributed by atoms with Crippen LogP contribution in [-0.4, -0.2) is 31.1 Å². The first kappa shape index (κ1) is 11.9. The van der Waals surface area contributed by atoms with Crippen LogP contribution >= 0.6 is 0 Å². The molecule has 3 nitrogen and oxygen atoms in total. The summed E-state index contributed by atoms with van der Waals surface area (Å²) in [4.78, 5) is 2.41. The lowest BCUT2D eigenvalue weighted by Gasteiger charge is -2.16. The maximum atomic E-state index is 9.01. The van der Waals surface area contributed by atoms with Crippen LogP contribution < -0.4 is 4.74 Å². The molecule has 1 aliphatic rings. The number of nitriles is 1. The molecule has 0 unspecified atom stereocenters. The van der Waals surface area contributed by atoms with Gasteiger partial charge in [-0.25, -0.2) is 0 Å². The van der Waals surface area contributed by atoms with Gasteiger partial charge in [0.2, 0.25) is 0 Å². The summed E-state index contributed by atoms with van der Waals surface area (Å²) < 4.78 is 5.76. The van der Waals surface area contributed by atoms with Gasteiger partial charge in [-0.1, -0.05) is 12.1 Å². The molecular weight excluding hydrogens is 212 g/mol. The van der Waals surface area contributed by atoms with Gasteiger partial charge in [-0.05, 0) is 44.5 Å². The lowest BCUT2D eigenvalue weighted by atomic mass is 10.1. The summed E-state index contributed by atoms with van der Waals surface area (Å²) in [5.74, 6) is 0.745. The number of nitrogens with zero attached hydrogens (tertiary/aromatic N) is 2. The van der Waals surface area contributed by atoms with Gasteiger partial charge >= 0.3 is 0 Å². The molecular formula is C14H18N2O. The van der Waals surface area contributed by atoms with Crippen molar-refractivity contribution < 1.29 is 4.74 Å². The monoisotopic (exact) mass is 230 g/mol. The van der Waals surface area contributed by atoms with E-state index in [2.05, 4.69) is 11.0 Å². The minimum absolute atomic E-state index is 0.631. The molecule has 1 fully saturated rings. The fourth-order valence-electron chi connectivity index (χ4n) is 2.22. The van der Waals surface area contributed by atoms with Gasteiger partial charge < -0.3 is 4.74 Å². The summed E-state index contributed by atoms with van der Waals surface area (Å²) in [6.07, 6.45) is 2.60. The average molecular weight is 230 g/mol. The second-order valence-corrected chi connectivity index (χ2v) is 4.46. The second-order valence-electron chi connectivity index (χ2n) is 4.46. The summed E-state index contributed by atoms with van der Waals surface area (Å²) in [7, 11) is 0. The molecule has 3 heteroatoms. The van der Waals surface area contributed by atoms with Crippen molar-refractivity contribution in [2.45, 2.75) is 19.8 Å².